The van der Waals surface area contributed by atoms with Crippen LogP contribution in [0.5, 0.6) is 5.75 Å². The van der Waals surface area contributed by atoms with Gasteiger partial charge >= 0.3 is 5.63 Å². The second-order valence-corrected chi connectivity index (χ2v) is 5.71. The van der Waals surface area contributed by atoms with Crippen molar-refractivity contribution in [3.05, 3.63) is 76.1 Å². The maximum absolute atomic E-state index is 12.5. The molecule has 1 aromatic heterocycles. The molecule has 4 nitrogen and oxygen atoms in total. The number of para-hydroxylation sites is 1. The summed E-state index contributed by atoms with van der Waals surface area (Å²) in [6.07, 6.45) is 0.528. The van der Waals surface area contributed by atoms with Gasteiger partial charge in [0.05, 0.1) is 10.9 Å². The van der Waals surface area contributed by atoms with Gasteiger partial charge in [-0.05, 0) is 17.7 Å². The molecule has 3 aromatic rings. The lowest BCUT2D eigenvalue weighted by Crippen LogP contribution is -2.17. The number of Topliss-reactive ketones (excluding diaryl/α,β-unsaturated/α-hetero) is 1. The zero-order chi connectivity index (χ0) is 17.1. The maximum atomic E-state index is 12.5. The number of hydrogen-bond donors (Lipinski definition) is 1. The first-order valence-electron chi connectivity index (χ1n) is 7.93. The van der Waals surface area contributed by atoms with E-state index in [0.29, 0.717) is 17.4 Å². The van der Waals surface area contributed by atoms with Crippen molar-refractivity contribution < 1.29 is 14.3 Å². The predicted octanol–water partition coefficient (Wildman–Crippen LogP) is 4.00. The molecule has 0 saturated heterocycles. The number of hydrogen-bond acceptors (Lipinski definition) is 4. The SMILES string of the molecule is CCC(=O)CC(c1ccccc1)c1c(O)c2ccccc2oc1=O. The number of ketones is 1. The number of carbonyl (C=O) groups is 1. The van der Waals surface area contributed by atoms with E-state index in [1.807, 2.05) is 30.3 Å². The van der Waals surface area contributed by atoms with Crippen molar-refractivity contribution in [2.75, 3.05) is 0 Å². The largest absolute Gasteiger partial charge is 0.507 e. The van der Waals surface area contributed by atoms with Gasteiger partial charge in [0.1, 0.15) is 17.1 Å². The van der Waals surface area contributed by atoms with Gasteiger partial charge in [-0.2, -0.15) is 0 Å². The van der Waals surface area contributed by atoms with E-state index >= 15 is 0 Å². The lowest BCUT2D eigenvalue weighted by molar-refractivity contribution is -0.118. The molecule has 1 heterocycles. The summed E-state index contributed by atoms with van der Waals surface area (Å²) in [5.74, 6) is -0.616. The normalized spacial score (nSPS) is 12.2. The van der Waals surface area contributed by atoms with E-state index in [4.69, 9.17) is 4.42 Å². The Balaban J connectivity index is 2.23. The Morgan fingerprint density at radius 1 is 1.08 bits per heavy atom. The molecule has 0 spiro atoms. The molecule has 1 unspecified atom stereocenters. The predicted molar refractivity (Wildman–Crippen MR) is 92.3 cm³/mol. The molecule has 0 radical (unpaired) electrons. The van der Waals surface area contributed by atoms with Gasteiger partial charge in [0.15, 0.2) is 0 Å². The van der Waals surface area contributed by atoms with E-state index < -0.39 is 11.5 Å². The van der Waals surface area contributed by atoms with Crippen LogP contribution >= 0.6 is 0 Å². The second kappa shape index (κ2) is 6.71. The van der Waals surface area contributed by atoms with E-state index in [2.05, 4.69) is 0 Å². The van der Waals surface area contributed by atoms with Crippen LogP contribution in [0, 0.1) is 0 Å². The molecular weight excluding hydrogens is 304 g/mol. The van der Waals surface area contributed by atoms with E-state index in [1.54, 1.807) is 31.2 Å². The molecule has 122 valence electrons. The van der Waals surface area contributed by atoms with Crippen molar-refractivity contribution in [2.45, 2.75) is 25.7 Å². The first kappa shape index (κ1) is 16.0. The highest BCUT2D eigenvalue weighted by Crippen LogP contribution is 2.36. The van der Waals surface area contributed by atoms with Crippen molar-refractivity contribution in [1.29, 1.82) is 0 Å². The molecule has 0 fully saturated rings. The number of carbonyl (C=O) groups excluding carboxylic acids is 1. The van der Waals surface area contributed by atoms with Crippen LogP contribution in [0.2, 0.25) is 0 Å². The molecule has 3 rings (SSSR count). The minimum absolute atomic E-state index is 0.0239. The van der Waals surface area contributed by atoms with Crippen LogP contribution in [-0.2, 0) is 4.79 Å². The van der Waals surface area contributed by atoms with Crippen molar-refractivity contribution in [2.24, 2.45) is 0 Å². The Kier molecular flexibility index (Phi) is 4.47. The van der Waals surface area contributed by atoms with Gasteiger partial charge in [-0.25, -0.2) is 4.79 Å². The molecule has 4 heteroatoms. The average molecular weight is 322 g/mol. The second-order valence-electron chi connectivity index (χ2n) is 5.71. The monoisotopic (exact) mass is 322 g/mol. The third-order valence-corrected chi connectivity index (χ3v) is 4.20. The van der Waals surface area contributed by atoms with Crippen molar-refractivity contribution in [3.63, 3.8) is 0 Å². The van der Waals surface area contributed by atoms with Crippen molar-refractivity contribution in [3.8, 4) is 5.75 Å². The summed E-state index contributed by atoms with van der Waals surface area (Å²) in [6, 6.07) is 16.1. The summed E-state index contributed by atoms with van der Waals surface area (Å²) in [4.78, 5) is 24.5. The van der Waals surface area contributed by atoms with Gasteiger partial charge in [0.25, 0.3) is 0 Å². The third-order valence-electron chi connectivity index (χ3n) is 4.20. The summed E-state index contributed by atoms with van der Waals surface area (Å²) in [6.45, 7) is 1.78. The molecule has 0 saturated carbocycles. The smallest absolute Gasteiger partial charge is 0.343 e. The number of aromatic hydroxyl groups is 1. The quantitative estimate of drug-likeness (QED) is 0.721. The van der Waals surface area contributed by atoms with Crippen LogP contribution in [0.1, 0.15) is 36.8 Å². The fourth-order valence-electron chi connectivity index (χ4n) is 2.90. The van der Waals surface area contributed by atoms with Crippen molar-refractivity contribution in [1.82, 2.24) is 0 Å². The summed E-state index contributed by atoms with van der Waals surface area (Å²) >= 11 is 0. The standard InChI is InChI=1S/C20H18O4/c1-2-14(21)12-16(13-8-4-3-5-9-13)18-19(22)15-10-6-7-11-17(15)24-20(18)23/h3-11,16,22H,2,12H2,1H3. The summed E-state index contributed by atoms with van der Waals surface area (Å²) in [5.41, 5.74) is 0.667. The summed E-state index contributed by atoms with van der Waals surface area (Å²) in [5, 5.41) is 11.1. The van der Waals surface area contributed by atoms with Crippen LogP contribution < -0.4 is 5.63 Å². The van der Waals surface area contributed by atoms with Crippen LogP contribution in [0.25, 0.3) is 11.0 Å². The van der Waals surface area contributed by atoms with Crippen molar-refractivity contribution >= 4 is 16.8 Å². The lowest BCUT2D eigenvalue weighted by atomic mass is 9.86. The third kappa shape index (κ3) is 2.95. The molecule has 0 aliphatic rings. The molecule has 0 amide bonds. The zero-order valence-corrected chi connectivity index (χ0v) is 13.4. The van der Waals surface area contributed by atoms with Gasteiger partial charge in [0.2, 0.25) is 0 Å². The summed E-state index contributed by atoms with van der Waals surface area (Å²) < 4.78 is 5.36. The number of rotatable bonds is 5. The first-order chi connectivity index (χ1) is 11.6. The minimum Gasteiger partial charge on any atom is -0.507 e. The molecule has 0 bridgehead atoms. The lowest BCUT2D eigenvalue weighted by Gasteiger charge is -2.17. The Hall–Kier alpha value is -2.88. The van der Waals surface area contributed by atoms with Crippen LogP contribution in [0.3, 0.4) is 0 Å². The molecule has 0 aliphatic heterocycles. The summed E-state index contributed by atoms with van der Waals surface area (Å²) in [7, 11) is 0. The fraction of sp³-hybridized carbons (Fsp3) is 0.200. The van der Waals surface area contributed by atoms with Gasteiger partial charge in [-0.1, -0.05) is 49.4 Å². The Labute approximate surface area is 139 Å². The molecular formula is C20H18O4. The van der Waals surface area contributed by atoms with Crippen LogP contribution in [0.15, 0.2) is 63.8 Å². The Morgan fingerprint density at radius 2 is 1.75 bits per heavy atom. The van der Waals surface area contributed by atoms with E-state index in [9.17, 15) is 14.7 Å². The molecule has 1 atom stereocenters. The number of fused-ring (bicyclic) bond motifs is 1. The minimum atomic E-state index is -0.607. The van der Waals surface area contributed by atoms with Gasteiger partial charge in [0, 0.05) is 18.8 Å². The fourth-order valence-corrected chi connectivity index (χ4v) is 2.90. The molecule has 24 heavy (non-hydrogen) atoms. The first-order valence-corrected chi connectivity index (χ1v) is 7.93. The van der Waals surface area contributed by atoms with Gasteiger partial charge in [-0.3, -0.25) is 4.79 Å². The Morgan fingerprint density at radius 3 is 2.46 bits per heavy atom. The Bertz CT molecular complexity index is 925. The molecule has 1 N–H and O–H groups in total. The zero-order valence-electron chi connectivity index (χ0n) is 13.4. The van der Waals surface area contributed by atoms with Gasteiger partial charge < -0.3 is 9.52 Å². The highest BCUT2D eigenvalue weighted by Gasteiger charge is 2.26. The highest BCUT2D eigenvalue weighted by atomic mass is 16.4. The van der Waals surface area contributed by atoms with E-state index in [1.165, 1.54) is 0 Å². The topological polar surface area (TPSA) is 67.5 Å². The van der Waals surface area contributed by atoms with E-state index in [-0.39, 0.29) is 23.5 Å². The molecule has 2 aromatic carbocycles. The van der Waals surface area contributed by atoms with Gasteiger partial charge in [-0.15, -0.1) is 0 Å². The molecule has 0 aliphatic carbocycles. The highest BCUT2D eigenvalue weighted by molar-refractivity contribution is 5.85. The average Bonchev–Trinajstić information content (AvgIpc) is 2.61. The number of benzene rings is 2. The van der Waals surface area contributed by atoms with E-state index in [0.717, 1.165) is 5.56 Å². The van der Waals surface area contributed by atoms with Crippen LogP contribution in [-0.4, -0.2) is 10.9 Å². The maximum Gasteiger partial charge on any atom is 0.343 e. The van der Waals surface area contributed by atoms with Crippen LogP contribution in [0.4, 0.5) is 0 Å².